The highest BCUT2D eigenvalue weighted by Crippen LogP contribution is 2.22. The summed E-state index contributed by atoms with van der Waals surface area (Å²) in [6.45, 7) is 0. The molecular weight excluding hydrogens is 242 g/mol. The van der Waals surface area contributed by atoms with Crippen molar-refractivity contribution in [3.8, 4) is 0 Å². The Morgan fingerprint density at radius 1 is 1.21 bits per heavy atom. The maximum absolute atomic E-state index is 11.5. The largest absolute Gasteiger partial charge is 0.466 e. The smallest absolute Gasteiger partial charge is 0.331 e. The first kappa shape index (κ1) is 11.5. The molecule has 3 rings (SSSR count). The number of hydrogen-bond acceptors (Lipinski definition) is 4. The Morgan fingerprint density at radius 3 is 2.53 bits per heavy atom. The van der Waals surface area contributed by atoms with Gasteiger partial charge in [-0.05, 0) is 16.2 Å². The zero-order valence-corrected chi connectivity index (χ0v) is 10.3. The summed E-state index contributed by atoms with van der Waals surface area (Å²) in [5, 5.41) is 17.3. The van der Waals surface area contributed by atoms with Crippen molar-refractivity contribution < 1.29 is 14.7 Å². The van der Waals surface area contributed by atoms with Crippen LogP contribution in [0.15, 0.2) is 41.6 Å². The molecule has 0 amide bonds. The Bertz CT molecular complexity index is 878. The fourth-order valence-corrected chi connectivity index (χ4v) is 2.47. The van der Waals surface area contributed by atoms with E-state index in [4.69, 9.17) is 0 Å². The standard InChI is InChI=1S/C15H11NO3/c1-19-13(17)8-12-10-6-2-4-9-5-3-7-11(14(9)10)15(12)16-18/h2-8,18H,1H3/b12-8-,16-15+. The van der Waals surface area contributed by atoms with E-state index in [1.165, 1.54) is 13.2 Å². The second-order valence-corrected chi connectivity index (χ2v) is 4.24. The SMILES string of the molecule is COC(=O)/C=c1\c(=N\O)c2cccc3cccc1c32. The summed E-state index contributed by atoms with van der Waals surface area (Å²) < 4.78 is 4.65. The molecule has 0 aromatic heterocycles. The zero-order valence-electron chi connectivity index (χ0n) is 10.3. The molecule has 3 aromatic rings. The van der Waals surface area contributed by atoms with E-state index in [1.54, 1.807) is 0 Å². The molecular formula is C15H11NO3. The Balaban J connectivity index is 2.62. The minimum atomic E-state index is -0.471. The molecule has 0 radical (unpaired) electrons. The van der Waals surface area contributed by atoms with Crippen LogP contribution < -0.4 is 10.6 Å². The number of hydrogen-bond donors (Lipinski definition) is 1. The van der Waals surface area contributed by atoms with Crippen molar-refractivity contribution in [2.24, 2.45) is 5.16 Å². The van der Waals surface area contributed by atoms with Crippen molar-refractivity contribution in [2.75, 3.05) is 7.11 Å². The molecule has 4 nitrogen and oxygen atoms in total. The average Bonchev–Trinajstić information content (AvgIpc) is 2.75. The number of methoxy groups -OCH3 is 1. The van der Waals surface area contributed by atoms with Crippen LogP contribution in [-0.4, -0.2) is 18.3 Å². The van der Waals surface area contributed by atoms with Gasteiger partial charge in [-0.2, -0.15) is 0 Å². The van der Waals surface area contributed by atoms with Crippen LogP contribution >= 0.6 is 0 Å². The Morgan fingerprint density at radius 2 is 1.89 bits per heavy atom. The van der Waals surface area contributed by atoms with Gasteiger partial charge < -0.3 is 9.94 Å². The van der Waals surface area contributed by atoms with Gasteiger partial charge >= 0.3 is 5.97 Å². The minimum absolute atomic E-state index is 0.400. The van der Waals surface area contributed by atoms with Gasteiger partial charge in [-0.1, -0.05) is 41.6 Å². The molecule has 0 bridgehead atoms. The van der Waals surface area contributed by atoms with Crippen molar-refractivity contribution >= 4 is 33.6 Å². The van der Waals surface area contributed by atoms with Gasteiger partial charge in [0.1, 0.15) is 5.36 Å². The normalized spacial score (nSPS) is 13.5. The van der Waals surface area contributed by atoms with Crippen molar-refractivity contribution in [3.05, 3.63) is 47.0 Å². The summed E-state index contributed by atoms with van der Waals surface area (Å²) in [7, 11) is 1.32. The topological polar surface area (TPSA) is 58.9 Å². The van der Waals surface area contributed by atoms with Gasteiger partial charge in [0, 0.05) is 16.7 Å². The van der Waals surface area contributed by atoms with E-state index in [0.717, 1.165) is 21.5 Å². The van der Waals surface area contributed by atoms with Crippen LogP contribution in [0.3, 0.4) is 0 Å². The van der Waals surface area contributed by atoms with Crippen LogP contribution in [-0.2, 0) is 9.53 Å². The molecule has 94 valence electrons. The number of rotatable bonds is 1. The van der Waals surface area contributed by atoms with Gasteiger partial charge in [-0.15, -0.1) is 0 Å². The summed E-state index contributed by atoms with van der Waals surface area (Å²) in [5.41, 5.74) is 0. The molecule has 1 N–H and O–H groups in total. The predicted molar refractivity (Wildman–Crippen MR) is 71.7 cm³/mol. The summed E-state index contributed by atoms with van der Waals surface area (Å²) in [5.74, 6) is -0.471. The van der Waals surface area contributed by atoms with Crippen LogP contribution in [0, 0.1) is 0 Å². The first-order valence-electron chi connectivity index (χ1n) is 5.81. The Hall–Kier alpha value is -2.62. The van der Waals surface area contributed by atoms with Gasteiger partial charge in [0.2, 0.25) is 0 Å². The van der Waals surface area contributed by atoms with Crippen LogP contribution in [0.2, 0.25) is 0 Å². The van der Waals surface area contributed by atoms with Crippen molar-refractivity contribution in [3.63, 3.8) is 0 Å². The molecule has 0 spiro atoms. The molecule has 0 aliphatic rings. The fraction of sp³-hybridized carbons (Fsp3) is 0.0667. The second kappa shape index (κ2) is 4.24. The molecule has 0 heterocycles. The second-order valence-electron chi connectivity index (χ2n) is 4.24. The minimum Gasteiger partial charge on any atom is -0.466 e. The van der Waals surface area contributed by atoms with Gasteiger partial charge in [0.05, 0.1) is 7.11 Å². The summed E-state index contributed by atoms with van der Waals surface area (Å²) >= 11 is 0. The number of ether oxygens (including phenoxy) is 1. The predicted octanol–water partition coefficient (Wildman–Crippen LogP) is 1.39. The number of carbonyl (C=O) groups is 1. The van der Waals surface area contributed by atoms with Crippen LogP contribution in [0.1, 0.15) is 0 Å². The lowest BCUT2D eigenvalue weighted by atomic mass is 10.1. The first-order chi connectivity index (χ1) is 9.26. The lowest BCUT2D eigenvalue weighted by Crippen LogP contribution is -2.23. The fourth-order valence-electron chi connectivity index (χ4n) is 2.47. The van der Waals surface area contributed by atoms with E-state index in [1.807, 2.05) is 36.4 Å². The number of esters is 1. The molecule has 3 aromatic carbocycles. The Labute approximate surface area is 108 Å². The highest BCUT2D eigenvalue weighted by molar-refractivity contribution is 6.13. The molecule has 19 heavy (non-hydrogen) atoms. The van der Waals surface area contributed by atoms with Gasteiger partial charge in [-0.25, -0.2) is 4.79 Å². The van der Waals surface area contributed by atoms with Crippen molar-refractivity contribution in [1.29, 1.82) is 0 Å². The molecule has 4 heteroatoms. The quantitative estimate of drug-likeness (QED) is 0.405. The summed E-state index contributed by atoms with van der Waals surface area (Å²) in [6.07, 6.45) is 1.35. The van der Waals surface area contributed by atoms with Crippen LogP contribution in [0.5, 0.6) is 0 Å². The molecule has 0 atom stereocenters. The Kier molecular flexibility index (Phi) is 2.56. The van der Waals surface area contributed by atoms with E-state index < -0.39 is 5.97 Å². The average molecular weight is 253 g/mol. The monoisotopic (exact) mass is 253 g/mol. The third-order valence-corrected chi connectivity index (χ3v) is 3.27. The lowest BCUT2D eigenvalue weighted by molar-refractivity contribution is -0.133. The molecule has 0 saturated carbocycles. The zero-order chi connectivity index (χ0) is 13.4. The highest BCUT2D eigenvalue weighted by atomic mass is 16.5. The van der Waals surface area contributed by atoms with Crippen molar-refractivity contribution in [1.82, 2.24) is 0 Å². The number of carbonyl (C=O) groups excluding carboxylic acids is 1. The maximum Gasteiger partial charge on any atom is 0.331 e. The van der Waals surface area contributed by atoms with Gasteiger partial charge in [0.15, 0.2) is 0 Å². The summed E-state index contributed by atoms with van der Waals surface area (Å²) in [6, 6.07) is 11.6. The van der Waals surface area contributed by atoms with Crippen LogP contribution in [0.25, 0.3) is 27.6 Å². The van der Waals surface area contributed by atoms with Crippen LogP contribution in [0.4, 0.5) is 0 Å². The van der Waals surface area contributed by atoms with E-state index in [-0.39, 0.29) is 0 Å². The number of nitrogens with zero attached hydrogens (tertiary/aromatic N) is 1. The van der Waals surface area contributed by atoms with E-state index in [2.05, 4.69) is 9.89 Å². The number of benzene rings is 2. The van der Waals surface area contributed by atoms with Gasteiger partial charge in [0.25, 0.3) is 0 Å². The molecule has 0 fully saturated rings. The third kappa shape index (κ3) is 1.61. The summed E-state index contributed by atoms with van der Waals surface area (Å²) in [4.78, 5) is 11.5. The lowest BCUT2D eigenvalue weighted by Gasteiger charge is -1.96. The highest BCUT2D eigenvalue weighted by Gasteiger charge is 2.10. The first-order valence-corrected chi connectivity index (χ1v) is 5.81. The molecule has 0 unspecified atom stereocenters. The van der Waals surface area contributed by atoms with E-state index in [0.29, 0.717) is 10.6 Å². The third-order valence-electron chi connectivity index (χ3n) is 3.27. The molecule has 0 aliphatic carbocycles. The van der Waals surface area contributed by atoms with E-state index in [9.17, 15) is 10.0 Å². The maximum atomic E-state index is 11.5. The van der Waals surface area contributed by atoms with Crippen molar-refractivity contribution in [2.45, 2.75) is 0 Å². The molecule has 0 aliphatic heterocycles. The molecule has 0 saturated heterocycles. The van der Waals surface area contributed by atoms with E-state index >= 15 is 0 Å². The van der Waals surface area contributed by atoms with Gasteiger partial charge in [-0.3, -0.25) is 0 Å².